The topological polar surface area (TPSA) is 95.7 Å². The lowest BCUT2D eigenvalue weighted by atomic mass is 10.0. The maximum Gasteiger partial charge on any atom is 0.230 e. The molecule has 0 bridgehead atoms. The molecule has 1 aromatic heterocycles. The van der Waals surface area contributed by atoms with Gasteiger partial charge in [0, 0.05) is 19.2 Å². The van der Waals surface area contributed by atoms with Crippen molar-refractivity contribution in [2.75, 3.05) is 6.54 Å². The molecule has 1 unspecified atom stereocenters. The molecule has 9 heteroatoms. The van der Waals surface area contributed by atoms with Crippen molar-refractivity contribution in [3.8, 4) is 0 Å². The van der Waals surface area contributed by atoms with Crippen LogP contribution in [0.4, 0.5) is 0 Å². The van der Waals surface area contributed by atoms with Crippen molar-refractivity contribution in [1.29, 1.82) is 0 Å². The maximum absolute atomic E-state index is 12.7. The van der Waals surface area contributed by atoms with Crippen LogP contribution in [0.1, 0.15) is 23.4 Å². The molecule has 2 heterocycles. The molecule has 1 aromatic carbocycles. The summed E-state index contributed by atoms with van der Waals surface area (Å²) in [5.74, 6) is 0.231. The SMILES string of the molecule is Cc1cc(CC(=O)N2C[C@H](O)C[C@H]2C(C=O)NCc2ccc(Cl)c(Cl)c2)on1. The molecule has 1 aliphatic heterocycles. The third kappa shape index (κ3) is 4.91. The van der Waals surface area contributed by atoms with Crippen molar-refractivity contribution in [1.82, 2.24) is 15.4 Å². The van der Waals surface area contributed by atoms with Crippen LogP contribution < -0.4 is 5.32 Å². The van der Waals surface area contributed by atoms with Crippen molar-refractivity contribution >= 4 is 35.4 Å². The van der Waals surface area contributed by atoms with Crippen LogP contribution >= 0.6 is 23.2 Å². The number of halogens is 2. The molecule has 3 rings (SSSR count). The van der Waals surface area contributed by atoms with E-state index in [0.29, 0.717) is 34.5 Å². The fraction of sp³-hybridized carbons (Fsp3) is 0.421. The zero-order chi connectivity index (χ0) is 20.3. The Morgan fingerprint density at radius 2 is 2.21 bits per heavy atom. The number of aldehydes is 1. The maximum atomic E-state index is 12.7. The summed E-state index contributed by atoms with van der Waals surface area (Å²) in [4.78, 5) is 26.0. The Kier molecular flexibility index (Phi) is 6.72. The standard InChI is InChI=1S/C19H21Cl2N3O4/c1-11-4-14(28-23-11)7-19(27)24-9-13(26)6-18(24)17(10-25)22-8-12-2-3-15(20)16(21)5-12/h2-5,10,13,17-18,22,26H,6-9H2,1H3/t13-,17?,18+/m1/s1. The number of β-amino-alcohol motifs (C(OH)–C–C–N with tert-alkyl or cyclic N) is 1. The molecule has 3 atom stereocenters. The van der Waals surface area contributed by atoms with Crippen molar-refractivity contribution in [2.24, 2.45) is 0 Å². The number of carbonyl (C=O) groups is 2. The fourth-order valence-corrected chi connectivity index (χ4v) is 3.70. The van der Waals surface area contributed by atoms with Crippen LogP contribution in [-0.4, -0.2) is 52.1 Å². The first kappa shape index (κ1) is 20.8. The molecule has 0 spiro atoms. The molecule has 0 aliphatic carbocycles. The number of aryl methyl sites for hydroxylation is 1. The Labute approximate surface area is 172 Å². The number of hydrogen-bond acceptors (Lipinski definition) is 6. The van der Waals surface area contributed by atoms with Gasteiger partial charge in [-0.3, -0.25) is 4.79 Å². The van der Waals surface area contributed by atoms with E-state index in [4.69, 9.17) is 27.7 Å². The molecule has 1 saturated heterocycles. The van der Waals surface area contributed by atoms with Crippen molar-refractivity contribution in [3.63, 3.8) is 0 Å². The zero-order valence-electron chi connectivity index (χ0n) is 15.3. The monoisotopic (exact) mass is 425 g/mol. The number of nitrogens with zero attached hydrogens (tertiary/aromatic N) is 2. The quantitative estimate of drug-likeness (QED) is 0.659. The molecule has 28 heavy (non-hydrogen) atoms. The lowest BCUT2D eigenvalue weighted by Crippen LogP contribution is -2.50. The van der Waals surface area contributed by atoms with Gasteiger partial charge in [0.05, 0.1) is 40.3 Å². The number of benzene rings is 1. The molecule has 0 saturated carbocycles. The van der Waals surface area contributed by atoms with Crippen LogP contribution in [0.25, 0.3) is 0 Å². The molecular formula is C19H21Cl2N3O4. The van der Waals surface area contributed by atoms with Gasteiger partial charge < -0.3 is 24.6 Å². The van der Waals surface area contributed by atoms with E-state index < -0.39 is 18.2 Å². The lowest BCUT2D eigenvalue weighted by Gasteiger charge is -2.29. The number of aliphatic hydroxyl groups is 1. The number of nitrogens with one attached hydrogen (secondary N) is 1. The Morgan fingerprint density at radius 1 is 1.43 bits per heavy atom. The second-order valence-electron chi connectivity index (χ2n) is 6.91. The summed E-state index contributed by atoms with van der Waals surface area (Å²) < 4.78 is 5.10. The van der Waals surface area contributed by atoms with Crippen molar-refractivity contribution in [2.45, 2.75) is 44.5 Å². The summed E-state index contributed by atoms with van der Waals surface area (Å²) in [6, 6.07) is 5.82. The highest BCUT2D eigenvalue weighted by atomic mass is 35.5. The molecule has 1 aliphatic rings. The molecule has 0 radical (unpaired) electrons. The number of amides is 1. The molecule has 1 fully saturated rings. The summed E-state index contributed by atoms with van der Waals surface area (Å²) in [6.07, 6.45) is 0.431. The van der Waals surface area contributed by atoms with Gasteiger partial charge in [-0.15, -0.1) is 0 Å². The highest BCUT2D eigenvalue weighted by Crippen LogP contribution is 2.24. The van der Waals surface area contributed by atoms with Crippen molar-refractivity contribution in [3.05, 3.63) is 51.3 Å². The molecule has 150 valence electrons. The fourth-order valence-electron chi connectivity index (χ4n) is 3.38. The van der Waals surface area contributed by atoms with E-state index in [-0.39, 0.29) is 18.9 Å². The average Bonchev–Trinajstić information content (AvgIpc) is 3.24. The van der Waals surface area contributed by atoms with Gasteiger partial charge in [-0.1, -0.05) is 34.4 Å². The lowest BCUT2D eigenvalue weighted by molar-refractivity contribution is -0.132. The summed E-state index contributed by atoms with van der Waals surface area (Å²) >= 11 is 11.9. The molecule has 2 N–H and O–H groups in total. The number of hydrogen-bond donors (Lipinski definition) is 2. The Hall–Kier alpha value is -1.93. The van der Waals surface area contributed by atoms with Crippen LogP contribution in [0.15, 0.2) is 28.8 Å². The number of likely N-dealkylation sites (tertiary alicyclic amines) is 1. The van der Waals surface area contributed by atoms with Gasteiger partial charge in [0.25, 0.3) is 0 Å². The molecule has 7 nitrogen and oxygen atoms in total. The average molecular weight is 426 g/mol. The summed E-state index contributed by atoms with van der Waals surface area (Å²) in [5.41, 5.74) is 1.55. The second-order valence-corrected chi connectivity index (χ2v) is 7.72. The van der Waals surface area contributed by atoms with Gasteiger partial charge in [0.15, 0.2) is 0 Å². The first-order valence-electron chi connectivity index (χ1n) is 8.89. The van der Waals surface area contributed by atoms with Crippen LogP contribution in [0.3, 0.4) is 0 Å². The number of rotatable bonds is 7. The Bertz CT molecular complexity index is 857. The van der Waals surface area contributed by atoms with E-state index in [1.54, 1.807) is 25.1 Å². The van der Waals surface area contributed by atoms with E-state index in [9.17, 15) is 14.7 Å². The predicted molar refractivity (Wildman–Crippen MR) is 104 cm³/mol. The minimum Gasteiger partial charge on any atom is -0.391 e. The van der Waals surface area contributed by atoms with E-state index in [0.717, 1.165) is 11.8 Å². The van der Waals surface area contributed by atoms with Crippen LogP contribution in [-0.2, 0) is 22.6 Å². The van der Waals surface area contributed by atoms with Gasteiger partial charge in [-0.05, 0) is 31.0 Å². The smallest absolute Gasteiger partial charge is 0.230 e. The Balaban J connectivity index is 1.67. The highest BCUT2D eigenvalue weighted by molar-refractivity contribution is 6.42. The molecular weight excluding hydrogens is 405 g/mol. The van der Waals surface area contributed by atoms with Crippen LogP contribution in [0.2, 0.25) is 10.0 Å². The highest BCUT2D eigenvalue weighted by Gasteiger charge is 2.39. The van der Waals surface area contributed by atoms with Crippen LogP contribution in [0, 0.1) is 6.92 Å². The van der Waals surface area contributed by atoms with E-state index in [1.807, 2.05) is 6.07 Å². The molecule has 2 aromatic rings. The summed E-state index contributed by atoms with van der Waals surface area (Å²) in [7, 11) is 0. The molecule has 1 amide bonds. The Morgan fingerprint density at radius 3 is 2.86 bits per heavy atom. The number of carbonyl (C=O) groups excluding carboxylic acids is 2. The van der Waals surface area contributed by atoms with E-state index in [1.165, 1.54) is 4.90 Å². The minimum absolute atomic E-state index is 0.0302. The zero-order valence-corrected chi connectivity index (χ0v) is 16.8. The summed E-state index contributed by atoms with van der Waals surface area (Å²) in [6.45, 7) is 2.32. The van der Waals surface area contributed by atoms with Gasteiger partial charge >= 0.3 is 0 Å². The largest absolute Gasteiger partial charge is 0.391 e. The van der Waals surface area contributed by atoms with Gasteiger partial charge in [-0.25, -0.2) is 0 Å². The third-order valence-electron chi connectivity index (χ3n) is 4.73. The second kappa shape index (κ2) is 9.05. The normalized spacial score (nSPS) is 20.4. The summed E-state index contributed by atoms with van der Waals surface area (Å²) in [5, 5.41) is 17.9. The van der Waals surface area contributed by atoms with Crippen LogP contribution in [0.5, 0.6) is 0 Å². The van der Waals surface area contributed by atoms with Crippen molar-refractivity contribution < 1.29 is 19.2 Å². The van der Waals surface area contributed by atoms with Gasteiger partial charge in [-0.2, -0.15) is 0 Å². The van der Waals surface area contributed by atoms with Gasteiger partial charge in [0.2, 0.25) is 5.91 Å². The third-order valence-corrected chi connectivity index (χ3v) is 5.47. The first-order valence-corrected chi connectivity index (χ1v) is 9.65. The van der Waals surface area contributed by atoms with E-state index >= 15 is 0 Å². The van der Waals surface area contributed by atoms with E-state index in [2.05, 4.69) is 10.5 Å². The van der Waals surface area contributed by atoms with Gasteiger partial charge in [0.1, 0.15) is 12.0 Å². The predicted octanol–water partition coefficient (Wildman–Crippen LogP) is 2.15. The number of aliphatic hydroxyl groups excluding tert-OH is 1. The first-order chi connectivity index (χ1) is 13.4. The minimum atomic E-state index is -0.681. The number of aromatic nitrogens is 1.